The van der Waals surface area contributed by atoms with E-state index in [1.54, 1.807) is 0 Å². The summed E-state index contributed by atoms with van der Waals surface area (Å²) in [6, 6.07) is 11.7. The molecule has 1 atom stereocenters. The standard InChI is InChI=1S/C15H17BrN2O/c1-12(11-18-7-2-3-8-18)17-15(19)14-6-4-5-13(9-14)10-16/h2-9,12H,10-11H2,1H3,(H,17,19). The predicted molar refractivity (Wildman–Crippen MR) is 80.4 cm³/mol. The van der Waals surface area contributed by atoms with Crippen molar-refractivity contribution >= 4 is 21.8 Å². The monoisotopic (exact) mass is 320 g/mol. The third-order valence-electron chi connectivity index (χ3n) is 2.87. The van der Waals surface area contributed by atoms with Gasteiger partial charge in [-0.2, -0.15) is 0 Å². The molecule has 0 saturated heterocycles. The van der Waals surface area contributed by atoms with Gasteiger partial charge in [-0.05, 0) is 36.8 Å². The highest BCUT2D eigenvalue weighted by Gasteiger charge is 2.10. The van der Waals surface area contributed by atoms with E-state index in [1.165, 1.54) is 0 Å². The van der Waals surface area contributed by atoms with Gasteiger partial charge in [0.1, 0.15) is 0 Å². The van der Waals surface area contributed by atoms with E-state index in [-0.39, 0.29) is 11.9 Å². The number of nitrogens with one attached hydrogen (secondary N) is 1. The second-order valence-electron chi connectivity index (χ2n) is 4.59. The first kappa shape index (κ1) is 13.9. The molecule has 19 heavy (non-hydrogen) atoms. The lowest BCUT2D eigenvalue weighted by atomic mass is 10.1. The van der Waals surface area contributed by atoms with E-state index in [0.29, 0.717) is 5.56 Å². The summed E-state index contributed by atoms with van der Waals surface area (Å²) in [5.41, 5.74) is 1.81. The number of benzene rings is 1. The Balaban J connectivity index is 1.96. The maximum Gasteiger partial charge on any atom is 0.251 e. The minimum Gasteiger partial charge on any atom is -0.352 e. The number of carbonyl (C=O) groups is 1. The molecule has 0 aliphatic heterocycles. The summed E-state index contributed by atoms with van der Waals surface area (Å²) in [6.07, 6.45) is 3.99. The molecule has 1 heterocycles. The van der Waals surface area contributed by atoms with Gasteiger partial charge in [0.15, 0.2) is 0 Å². The van der Waals surface area contributed by atoms with Crippen molar-refractivity contribution in [1.82, 2.24) is 9.88 Å². The first-order chi connectivity index (χ1) is 9.19. The number of hydrogen-bond acceptors (Lipinski definition) is 1. The lowest BCUT2D eigenvalue weighted by molar-refractivity contribution is 0.0936. The van der Waals surface area contributed by atoms with Gasteiger partial charge in [-0.15, -0.1) is 0 Å². The molecule has 1 aromatic heterocycles. The third kappa shape index (κ3) is 3.96. The molecule has 100 valence electrons. The lowest BCUT2D eigenvalue weighted by Crippen LogP contribution is -2.35. The fraction of sp³-hybridized carbons (Fsp3) is 0.267. The SMILES string of the molecule is CC(Cn1cccc1)NC(=O)c1cccc(CBr)c1. The van der Waals surface area contributed by atoms with Crippen LogP contribution in [0.25, 0.3) is 0 Å². The number of halogens is 1. The first-order valence-electron chi connectivity index (χ1n) is 6.25. The van der Waals surface area contributed by atoms with Crippen molar-refractivity contribution < 1.29 is 4.79 Å². The molecule has 0 saturated carbocycles. The van der Waals surface area contributed by atoms with E-state index in [4.69, 9.17) is 0 Å². The van der Waals surface area contributed by atoms with Crippen LogP contribution < -0.4 is 5.32 Å². The second kappa shape index (κ2) is 6.57. The zero-order valence-corrected chi connectivity index (χ0v) is 12.4. The molecule has 1 amide bonds. The maximum absolute atomic E-state index is 12.1. The number of carbonyl (C=O) groups excluding carboxylic acids is 1. The van der Waals surface area contributed by atoms with Gasteiger partial charge in [0.25, 0.3) is 5.91 Å². The topological polar surface area (TPSA) is 34.0 Å². The molecular formula is C15H17BrN2O. The molecular weight excluding hydrogens is 304 g/mol. The fourth-order valence-electron chi connectivity index (χ4n) is 1.96. The van der Waals surface area contributed by atoms with Crippen molar-refractivity contribution in [3.8, 4) is 0 Å². The predicted octanol–water partition coefficient (Wildman–Crippen LogP) is 3.20. The van der Waals surface area contributed by atoms with Gasteiger partial charge in [-0.25, -0.2) is 0 Å². The molecule has 4 heteroatoms. The summed E-state index contributed by atoms with van der Waals surface area (Å²) >= 11 is 3.40. The highest BCUT2D eigenvalue weighted by Crippen LogP contribution is 2.09. The summed E-state index contributed by atoms with van der Waals surface area (Å²) in [7, 11) is 0. The Bertz CT molecular complexity index is 537. The molecule has 0 aliphatic carbocycles. The van der Waals surface area contributed by atoms with Crippen LogP contribution >= 0.6 is 15.9 Å². The van der Waals surface area contributed by atoms with Crippen LogP contribution in [-0.2, 0) is 11.9 Å². The third-order valence-corrected chi connectivity index (χ3v) is 3.52. The fourth-order valence-corrected chi connectivity index (χ4v) is 2.31. The maximum atomic E-state index is 12.1. The Kier molecular flexibility index (Phi) is 4.80. The molecule has 2 aromatic rings. The minimum atomic E-state index is -0.0255. The average Bonchev–Trinajstić information content (AvgIpc) is 2.91. The smallest absolute Gasteiger partial charge is 0.251 e. The molecule has 1 aromatic carbocycles. The van der Waals surface area contributed by atoms with E-state index in [0.717, 1.165) is 17.4 Å². The molecule has 0 bridgehead atoms. The molecule has 0 spiro atoms. The van der Waals surface area contributed by atoms with Gasteiger partial charge in [-0.3, -0.25) is 4.79 Å². The van der Waals surface area contributed by atoms with Gasteiger partial charge >= 0.3 is 0 Å². The molecule has 2 rings (SSSR count). The van der Waals surface area contributed by atoms with Gasteiger partial charge in [0.05, 0.1) is 0 Å². The van der Waals surface area contributed by atoms with Crippen molar-refractivity contribution in [1.29, 1.82) is 0 Å². The van der Waals surface area contributed by atoms with E-state index < -0.39 is 0 Å². The van der Waals surface area contributed by atoms with Crippen molar-refractivity contribution in [2.24, 2.45) is 0 Å². The Morgan fingerprint density at radius 2 is 2.05 bits per heavy atom. The zero-order chi connectivity index (χ0) is 13.7. The van der Waals surface area contributed by atoms with Crippen LogP contribution in [0.1, 0.15) is 22.8 Å². The Labute approximate surface area is 121 Å². The molecule has 1 N–H and O–H groups in total. The normalized spacial score (nSPS) is 12.1. The van der Waals surface area contributed by atoms with Crippen molar-refractivity contribution in [3.05, 3.63) is 59.9 Å². The van der Waals surface area contributed by atoms with E-state index in [1.807, 2.05) is 55.7 Å². The quantitative estimate of drug-likeness (QED) is 0.843. The number of aromatic nitrogens is 1. The second-order valence-corrected chi connectivity index (χ2v) is 5.15. The van der Waals surface area contributed by atoms with Crippen molar-refractivity contribution in [2.75, 3.05) is 0 Å². The number of hydrogen-bond donors (Lipinski definition) is 1. The van der Waals surface area contributed by atoms with Gasteiger partial charge in [0.2, 0.25) is 0 Å². The minimum absolute atomic E-state index is 0.0255. The van der Waals surface area contributed by atoms with E-state index in [2.05, 4.69) is 25.8 Å². The van der Waals surface area contributed by atoms with Crippen LogP contribution in [0.2, 0.25) is 0 Å². The number of alkyl halides is 1. The highest BCUT2D eigenvalue weighted by molar-refractivity contribution is 9.08. The van der Waals surface area contributed by atoms with Gasteiger partial charge in [0, 0.05) is 35.9 Å². The summed E-state index contributed by atoms with van der Waals surface area (Å²) in [6.45, 7) is 2.78. The van der Waals surface area contributed by atoms with Crippen molar-refractivity contribution in [2.45, 2.75) is 24.8 Å². The Morgan fingerprint density at radius 1 is 1.32 bits per heavy atom. The van der Waals surface area contributed by atoms with Crippen LogP contribution in [0, 0.1) is 0 Å². The van der Waals surface area contributed by atoms with Crippen LogP contribution in [-0.4, -0.2) is 16.5 Å². The molecule has 0 fully saturated rings. The highest BCUT2D eigenvalue weighted by atomic mass is 79.9. The zero-order valence-electron chi connectivity index (χ0n) is 10.8. The van der Waals surface area contributed by atoms with Crippen molar-refractivity contribution in [3.63, 3.8) is 0 Å². The Morgan fingerprint density at radius 3 is 2.74 bits per heavy atom. The largest absolute Gasteiger partial charge is 0.352 e. The molecule has 0 radical (unpaired) electrons. The van der Waals surface area contributed by atoms with Crippen LogP contribution in [0.4, 0.5) is 0 Å². The van der Waals surface area contributed by atoms with Crippen LogP contribution in [0.15, 0.2) is 48.8 Å². The number of nitrogens with zero attached hydrogens (tertiary/aromatic N) is 1. The Hall–Kier alpha value is -1.55. The summed E-state index contributed by atoms with van der Waals surface area (Å²) in [5.74, 6) is -0.0255. The van der Waals surface area contributed by atoms with Crippen LogP contribution in [0.5, 0.6) is 0 Å². The molecule has 0 aliphatic rings. The van der Waals surface area contributed by atoms with Crippen LogP contribution in [0.3, 0.4) is 0 Å². The van der Waals surface area contributed by atoms with E-state index in [9.17, 15) is 4.79 Å². The molecule has 1 unspecified atom stereocenters. The first-order valence-corrected chi connectivity index (χ1v) is 7.37. The molecule has 3 nitrogen and oxygen atoms in total. The lowest BCUT2D eigenvalue weighted by Gasteiger charge is -2.15. The van der Waals surface area contributed by atoms with Gasteiger partial charge < -0.3 is 9.88 Å². The summed E-state index contributed by atoms with van der Waals surface area (Å²) in [4.78, 5) is 12.1. The van der Waals surface area contributed by atoms with Gasteiger partial charge in [-0.1, -0.05) is 28.1 Å². The average molecular weight is 321 g/mol. The van der Waals surface area contributed by atoms with E-state index >= 15 is 0 Å². The summed E-state index contributed by atoms with van der Waals surface area (Å²) < 4.78 is 2.06. The summed E-state index contributed by atoms with van der Waals surface area (Å²) in [5, 5.41) is 3.77. The number of rotatable bonds is 5. The number of amides is 1.